The van der Waals surface area contributed by atoms with Crippen molar-refractivity contribution in [3.63, 3.8) is 0 Å². The summed E-state index contributed by atoms with van der Waals surface area (Å²) in [4.78, 5) is 10.7. The Bertz CT molecular complexity index is 142. The van der Waals surface area contributed by atoms with E-state index < -0.39 is 0 Å². The Hall–Kier alpha value is -0.570. The smallest absolute Gasteiger partial charge is 0.238 e. The first-order chi connectivity index (χ1) is 4.38. The predicted octanol–water partition coefficient (Wildman–Crippen LogP) is -0.161. The highest BCUT2D eigenvalue weighted by molar-refractivity contribution is 5.81. The Morgan fingerprint density at radius 2 is 2.00 bits per heavy atom. The molecule has 0 atom stereocenters. The SMILES string of the molecule is O=C1CCN1N1CCC1. The van der Waals surface area contributed by atoms with Gasteiger partial charge in [-0.1, -0.05) is 0 Å². The second-order valence-corrected chi connectivity index (χ2v) is 2.57. The lowest BCUT2D eigenvalue weighted by Crippen LogP contribution is -2.59. The van der Waals surface area contributed by atoms with E-state index in [2.05, 4.69) is 5.01 Å². The molecule has 0 bridgehead atoms. The summed E-state index contributed by atoms with van der Waals surface area (Å²) in [5.41, 5.74) is 0. The number of carbonyl (C=O) groups is 1. The van der Waals surface area contributed by atoms with Crippen LogP contribution in [-0.2, 0) is 4.79 Å². The molecule has 50 valence electrons. The zero-order valence-corrected chi connectivity index (χ0v) is 5.34. The second kappa shape index (κ2) is 1.70. The molecular weight excluding hydrogens is 116 g/mol. The van der Waals surface area contributed by atoms with E-state index in [1.165, 1.54) is 6.42 Å². The van der Waals surface area contributed by atoms with Crippen LogP contribution in [0.1, 0.15) is 12.8 Å². The lowest BCUT2D eigenvalue weighted by Gasteiger charge is -2.45. The van der Waals surface area contributed by atoms with Gasteiger partial charge in [0, 0.05) is 26.1 Å². The molecule has 2 aliphatic rings. The Morgan fingerprint density at radius 3 is 2.11 bits per heavy atom. The highest BCUT2D eigenvalue weighted by atomic mass is 16.2. The molecule has 9 heavy (non-hydrogen) atoms. The molecule has 0 aliphatic carbocycles. The molecule has 3 nitrogen and oxygen atoms in total. The van der Waals surface area contributed by atoms with Crippen molar-refractivity contribution in [2.75, 3.05) is 19.6 Å². The minimum absolute atomic E-state index is 0.301. The van der Waals surface area contributed by atoms with E-state index in [0.29, 0.717) is 5.91 Å². The Labute approximate surface area is 54.2 Å². The van der Waals surface area contributed by atoms with Crippen LogP contribution < -0.4 is 0 Å². The van der Waals surface area contributed by atoms with Gasteiger partial charge in [-0.05, 0) is 6.42 Å². The van der Waals surface area contributed by atoms with Gasteiger partial charge in [-0.3, -0.25) is 9.80 Å². The van der Waals surface area contributed by atoms with Crippen molar-refractivity contribution in [1.29, 1.82) is 0 Å². The van der Waals surface area contributed by atoms with Crippen LogP contribution in [0, 0.1) is 0 Å². The fraction of sp³-hybridized carbons (Fsp3) is 0.833. The van der Waals surface area contributed by atoms with Crippen molar-refractivity contribution in [2.24, 2.45) is 0 Å². The highest BCUT2D eigenvalue weighted by Gasteiger charge is 2.32. The number of β-lactam (4-membered cyclic amide) rings is 1. The standard InChI is InChI=1S/C6H10N2O/c9-6-2-5-8(6)7-3-1-4-7/h1-5H2. The van der Waals surface area contributed by atoms with Crippen LogP contribution in [0.4, 0.5) is 0 Å². The van der Waals surface area contributed by atoms with Gasteiger partial charge >= 0.3 is 0 Å². The van der Waals surface area contributed by atoms with Gasteiger partial charge in [0.05, 0.1) is 0 Å². The van der Waals surface area contributed by atoms with Crippen LogP contribution in [0.5, 0.6) is 0 Å². The first kappa shape index (κ1) is 5.23. The van der Waals surface area contributed by atoms with Gasteiger partial charge in [0.2, 0.25) is 5.91 Å². The van der Waals surface area contributed by atoms with Crippen LogP contribution in [0.3, 0.4) is 0 Å². The van der Waals surface area contributed by atoms with Gasteiger partial charge in [0.1, 0.15) is 0 Å². The number of hydrazine groups is 1. The van der Waals surface area contributed by atoms with E-state index in [0.717, 1.165) is 26.1 Å². The fourth-order valence-corrected chi connectivity index (χ4v) is 1.14. The summed E-state index contributed by atoms with van der Waals surface area (Å²) in [5, 5.41) is 3.97. The maximum Gasteiger partial charge on any atom is 0.238 e. The molecular formula is C6H10N2O. The zero-order chi connectivity index (χ0) is 6.27. The van der Waals surface area contributed by atoms with Gasteiger partial charge < -0.3 is 0 Å². The van der Waals surface area contributed by atoms with E-state index in [4.69, 9.17) is 0 Å². The van der Waals surface area contributed by atoms with E-state index in [9.17, 15) is 4.79 Å². The van der Waals surface area contributed by atoms with Crippen molar-refractivity contribution in [1.82, 2.24) is 10.0 Å². The van der Waals surface area contributed by atoms with Crippen LogP contribution in [-0.4, -0.2) is 35.6 Å². The predicted molar refractivity (Wildman–Crippen MR) is 32.5 cm³/mol. The molecule has 0 spiro atoms. The third-order valence-corrected chi connectivity index (χ3v) is 2.00. The van der Waals surface area contributed by atoms with E-state index in [1.807, 2.05) is 5.01 Å². The molecule has 0 aromatic carbocycles. The zero-order valence-electron chi connectivity index (χ0n) is 5.34. The van der Waals surface area contributed by atoms with Crippen molar-refractivity contribution in [3.05, 3.63) is 0 Å². The van der Waals surface area contributed by atoms with Crippen LogP contribution in [0.25, 0.3) is 0 Å². The first-order valence-corrected chi connectivity index (χ1v) is 3.43. The summed E-state index contributed by atoms with van der Waals surface area (Å²) in [6.45, 7) is 3.14. The molecule has 0 aromatic heterocycles. The monoisotopic (exact) mass is 126 g/mol. The summed E-state index contributed by atoms with van der Waals surface area (Å²) >= 11 is 0. The van der Waals surface area contributed by atoms with Crippen molar-refractivity contribution >= 4 is 5.91 Å². The van der Waals surface area contributed by atoms with Crippen molar-refractivity contribution in [2.45, 2.75) is 12.8 Å². The molecule has 2 aliphatic heterocycles. The van der Waals surface area contributed by atoms with Crippen LogP contribution >= 0.6 is 0 Å². The number of carbonyl (C=O) groups excluding carboxylic acids is 1. The summed E-state index contributed by atoms with van der Waals surface area (Å²) in [6, 6.07) is 0. The minimum atomic E-state index is 0.301. The summed E-state index contributed by atoms with van der Waals surface area (Å²) in [7, 11) is 0. The number of hydrogen-bond donors (Lipinski definition) is 0. The quantitative estimate of drug-likeness (QED) is 0.456. The van der Waals surface area contributed by atoms with Crippen molar-refractivity contribution < 1.29 is 4.79 Å². The van der Waals surface area contributed by atoms with Crippen LogP contribution in [0.15, 0.2) is 0 Å². The van der Waals surface area contributed by atoms with Gasteiger partial charge in [-0.25, -0.2) is 5.01 Å². The molecule has 0 saturated carbocycles. The normalized spacial score (nSPS) is 27.6. The Kier molecular flexibility index (Phi) is 0.990. The molecule has 3 heteroatoms. The molecule has 0 N–H and O–H groups in total. The minimum Gasteiger partial charge on any atom is -0.275 e. The highest BCUT2D eigenvalue weighted by Crippen LogP contribution is 2.17. The van der Waals surface area contributed by atoms with Crippen LogP contribution in [0.2, 0.25) is 0 Å². The average Bonchev–Trinajstić information content (AvgIpc) is 1.74. The molecule has 0 unspecified atom stereocenters. The third kappa shape index (κ3) is 0.645. The molecule has 2 fully saturated rings. The molecule has 2 saturated heterocycles. The number of rotatable bonds is 1. The van der Waals surface area contributed by atoms with Gasteiger partial charge in [0.15, 0.2) is 0 Å². The number of amides is 1. The maximum atomic E-state index is 10.7. The Morgan fingerprint density at radius 1 is 1.22 bits per heavy atom. The fourth-order valence-electron chi connectivity index (χ4n) is 1.14. The summed E-state index contributed by atoms with van der Waals surface area (Å²) in [5.74, 6) is 0.301. The lowest BCUT2D eigenvalue weighted by molar-refractivity contribution is -0.172. The topological polar surface area (TPSA) is 23.6 Å². The van der Waals surface area contributed by atoms with Crippen molar-refractivity contribution in [3.8, 4) is 0 Å². The first-order valence-electron chi connectivity index (χ1n) is 3.43. The van der Waals surface area contributed by atoms with Gasteiger partial charge in [-0.2, -0.15) is 0 Å². The molecule has 0 aromatic rings. The molecule has 1 amide bonds. The summed E-state index contributed by atoms with van der Waals surface area (Å²) < 4.78 is 0. The van der Waals surface area contributed by atoms with E-state index in [-0.39, 0.29) is 0 Å². The summed E-state index contributed by atoms with van der Waals surface area (Å²) in [6.07, 6.45) is 2.01. The van der Waals surface area contributed by atoms with E-state index in [1.54, 1.807) is 0 Å². The Balaban J connectivity index is 1.90. The number of hydrogen-bond acceptors (Lipinski definition) is 2. The molecule has 2 rings (SSSR count). The average molecular weight is 126 g/mol. The largest absolute Gasteiger partial charge is 0.275 e. The van der Waals surface area contributed by atoms with Gasteiger partial charge in [-0.15, -0.1) is 0 Å². The van der Waals surface area contributed by atoms with Gasteiger partial charge in [0.25, 0.3) is 0 Å². The number of nitrogens with zero attached hydrogens (tertiary/aromatic N) is 2. The third-order valence-electron chi connectivity index (χ3n) is 2.00. The second-order valence-electron chi connectivity index (χ2n) is 2.57. The van der Waals surface area contributed by atoms with E-state index >= 15 is 0 Å². The molecule has 0 radical (unpaired) electrons. The lowest BCUT2D eigenvalue weighted by atomic mass is 10.2. The maximum absolute atomic E-state index is 10.7. The molecule has 2 heterocycles.